The van der Waals surface area contributed by atoms with E-state index in [9.17, 15) is 13.2 Å². The molecule has 0 saturated carbocycles. The number of rotatable bonds is 3. The maximum Gasteiger partial charge on any atom is 0.280 e. The molecule has 0 saturated heterocycles. The zero-order valence-electron chi connectivity index (χ0n) is 13.6. The third-order valence-corrected chi connectivity index (χ3v) is 6.73. The van der Waals surface area contributed by atoms with Crippen molar-refractivity contribution in [2.24, 2.45) is 4.99 Å². The van der Waals surface area contributed by atoms with Crippen molar-refractivity contribution in [2.45, 2.75) is 11.4 Å². The summed E-state index contributed by atoms with van der Waals surface area (Å²) in [6.45, 7) is 0.232. The second kappa shape index (κ2) is 7.34. The largest absolute Gasteiger partial charge is 0.305 e. The van der Waals surface area contributed by atoms with Crippen LogP contribution in [0.2, 0.25) is 0 Å². The summed E-state index contributed by atoms with van der Waals surface area (Å²) in [5.74, 6) is 2.19. The average molecular weight is 496 g/mol. The molecule has 0 unspecified atom stereocenters. The predicted octanol–water partition coefficient (Wildman–Crippen LogP) is 3.09. The van der Waals surface area contributed by atoms with Crippen LogP contribution in [0.15, 0.2) is 52.4 Å². The molecule has 0 aliphatic carbocycles. The maximum absolute atomic E-state index is 12.6. The molecule has 0 aliphatic heterocycles. The highest BCUT2D eigenvalue weighted by Crippen LogP contribution is 2.22. The summed E-state index contributed by atoms with van der Waals surface area (Å²) < 4.78 is 26.8. The number of carbonyl (C=O) groups is 1. The SMILES string of the molecule is C#CCn1c(=NC(=O)c2ccccc2I)sc2cc(S(C)(=O)=O)ccc21. The number of amides is 1. The fourth-order valence-corrected chi connectivity index (χ4v) is 4.80. The first kappa shape index (κ1) is 18.8. The van der Waals surface area contributed by atoms with Gasteiger partial charge in [-0.25, -0.2) is 8.42 Å². The first-order valence-corrected chi connectivity index (χ1v) is 11.2. The fraction of sp³-hybridized carbons (Fsp3) is 0.111. The number of sulfone groups is 1. The molecule has 0 bridgehead atoms. The second-order valence-electron chi connectivity index (χ2n) is 5.47. The van der Waals surface area contributed by atoms with Crippen molar-refractivity contribution < 1.29 is 13.2 Å². The predicted molar refractivity (Wildman–Crippen MR) is 111 cm³/mol. The number of hydrogen-bond donors (Lipinski definition) is 0. The Balaban J connectivity index is 2.22. The van der Waals surface area contributed by atoms with Gasteiger partial charge in [-0.1, -0.05) is 29.4 Å². The van der Waals surface area contributed by atoms with E-state index in [1.54, 1.807) is 28.8 Å². The lowest BCUT2D eigenvalue weighted by Crippen LogP contribution is -2.16. The minimum atomic E-state index is -3.32. The first-order chi connectivity index (χ1) is 12.3. The van der Waals surface area contributed by atoms with Gasteiger partial charge in [0.1, 0.15) is 0 Å². The average Bonchev–Trinajstić information content (AvgIpc) is 2.91. The Kier molecular flexibility index (Phi) is 5.32. The van der Waals surface area contributed by atoms with Gasteiger partial charge in [0.15, 0.2) is 14.6 Å². The Hall–Kier alpha value is -1.96. The third kappa shape index (κ3) is 3.75. The van der Waals surface area contributed by atoms with E-state index >= 15 is 0 Å². The fourth-order valence-electron chi connectivity index (χ4n) is 2.40. The number of halogens is 1. The van der Waals surface area contributed by atoms with Crippen LogP contribution in [0.5, 0.6) is 0 Å². The number of benzene rings is 2. The number of carbonyl (C=O) groups excluding carboxylic acids is 1. The van der Waals surface area contributed by atoms with E-state index in [1.165, 1.54) is 17.4 Å². The minimum absolute atomic E-state index is 0.217. The molecule has 0 N–H and O–H groups in total. The standard InChI is InChI=1S/C18H13IN2O3S2/c1-3-10-21-15-9-8-12(26(2,23)24)11-16(15)25-18(21)20-17(22)13-6-4-5-7-14(13)19/h1,4-9,11H,10H2,2H3. The molecular weight excluding hydrogens is 483 g/mol. The topological polar surface area (TPSA) is 68.5 Å². The van der Waals surface area contributed by atoms with Crippen molar-refractivity contribution in [3.05, 3.63) is 56.4 Å². The molecule has 5 nitrogen and oxygen atoms in total. The Morgan fingerprint density at radius 2 is 2.04 bits per heavy atom. The van der Waals surface area contributed by atoms with E-state index in [1.807, 2.05) is 12.1 Å². The van der Waals surface area contributed by atoms with Crippen LogP contribution in [-0.2, 0) is 16.4 Å². The van der Waals surface area contributed by atoms with Gasteiger partial charge >= 0.3 is 0 Å². The molecule has 1 amide bonds. The number of thiazole rings is 1. The third-order valence-electron chi connectivity index (χ3n) is 3.63. The van der Waals surface area contributed by atoms with Gasteiger partial charge in [0, 0.05) is 9.83 Å². The van der Waals surface area contributed by atoms with E-state index in [4.69, 9.17) is 6.42 Å². The van der Waals surface area contributed by atoms with Gasteiger partial charge in [0.25, 0.3) is 5.91 Å². The number of hydrogen-bond acceptors (Lipinski definition) is 4. The molecule has 0 spiro atoms. The zero-order valence-corrected chi connectivity index (χ0v) is 17.4. The molecule has 0 fully saturated rings. The lowest BCUT2D eigenvalue weighted by Gasteiger charge is -2.02. The van der Waals surface area contributed by atoms with Crippen molar-refractivity contribution in [1.29, 1.82) is 0 Å². The highest BCUT2D eigenvalue weighted by atomic mass is 127. The lowest BCUT2D eigenvalue weighted by atomic mass is 10.2. The molecule has 8 heteroatoms. The normalized spacial score (nSPS) is 12.3. The molecule has 3 rings (SSSR count). The summed E-state index contributed by atoms with van der Waals surface area (Å²) >= 11 is 3.32. The Bertz CT molecular complexity index is 1230. The summed E-state index contributed by atoms with van der Waals surface area (Å²) in [5.41, 5.74) is 1.25. The molecule has 132 valence electrons. The van der Waals surface area contributed by atoms with E-state index in [0.29, 0.717) is 15.1 Å². The first-order valence-electron chi connectivity index (χ1n) is 7.42. The summed E-state index contributed by atoms with van der Waals surface area (Å²) in [5, 5.41) is 0. The van der Waals surface area contributed by atoms with Crippen LogP contribution < -0.4 is 4.80 Å². The van der Waals surface area contributed by atoms with Crippen LogP contribution in [0, 0.1) is 15.9 Å². The van der Waals surface area contributed by atoms with Crippen LogP contribution in [0.1, 0.15) is 10.4 Å². The van der Waals surface area contributed by atoms with Crippen LogP contribution in [0.4, 0.5) is 0 Å². The number of fused-ring (bicyclic) bond motifs is 1. The highest BCUT2D eigenvalue weighted by molar-refractivity contribution is 14.1. The van der Waals surface area contributed by atoms with E-state index in [0.717, 1.165) is 15.3 Å². The molecular formula is C18H13IN2O3S2. The van der Waals surface area contributed by atoms with Crippen molar-refractivity contribution >= 4 is 59.9 Å². The zero-order chi connectivity index (χ0) is 18.9. The number of nitrogens with zero attached hydrogens (tertiary/aromatic N) is 2. The van der Waals surface area contributed by atoms with E-state index in [-0.39, 0.29) is 17.3 Å². The number of aromatic nitrogens is 1. The molecule has 1 aromatic heterocycles. The summed E-state index contributed by atoms with van der Waals surface area (Å²) in [4.78, 5) is 17.5. The molecule has 0 aliphatic rings. The van der Waals surface area contributed by atoms with E-state index in [2.05, 4.69) is 33.5 Å². The number of terminal acetylenes is 1. The van der Waals surface area contributed by atoms with Gasteiger partial charge in [0.2, 0.25) is 0 Å². The lowest BCUT2D eigenvalue weighted by molar-refractivity contribution is 0.0997. The molecule has 26 heavy (non-hydrogen) atoms. The van der Waals surface area contributed by atoms with Gasteiger partial charge in [-0.05, 0) is 52.9 Å². The van der Waals surface area contributed by atoms with Crippen LogP contribution in [0.3, 0.4) is 0 Å². The quantitative estimate of drug-likeness (QED) is 0.414. The van der Waals surface area contributed by atoms with Crippen LogP contribution in [0.25, 0.3) is 10.2 Å². The van der Waals surface area contributed by atoms with Gasteiger partial charge < -0.3 is 4.57 Å². The molecule has 0 radical (unpaired) electrons. The van der Waals surface area contributed by atoms with Crippen molar-refractivity contribution in [3.63, 3.8) is 0 Å². The van der Waals surface area contributed by atoms with Crippen LogP contribution in [-0.4, -0.2) is 25.1 Å². The maximum atomic E-state index is 12.6. The minimum Gasteiger partial charge on any atom is -0.305 e. The molecule has 0 atom stereocenters. The van der Waals surface area contributed by atoms with Crippen molar-refractivity contribution in [2.75, 3.05) is 6.26 Å². The summed E-state index contributed by atoms with van der Waals surface area (Å²) in [7, 11) is -3.32. The van der Waals surface area contributed by atoms with Crippen LogP contribution >= 0.6 is 33.9 Å². The van der Waals surface area contributed by atoms with Gasteiger partial charge in [0.05, 0.1) is 27.2 Å². The van der Waals surface area contributed by atoms with Gasteiger partial charge in [-0.15, -0.1) is 6.42 Å². The Labute approximate surface area is 168 Å². The van der Waals surface area contributed by atoms with Gasteiger partial charge in [-0.3, -0.25) is 4.79 Å². The summed E-state index contributed by atoms with van der Waals surface area (Å²) in [6.07, 6.45) is 6.61. The van der Waals surface area contributed by atoms with Gasteiger partial charge in [-0.2, -0.15) is 4.99 Å². The molecule has 1 heterocycles. The van der Waals surface area contributed by atoms with Crippen molar-refractivity contribution in [1.82, 2.24) is 4.57 Å². The monoisotopic (exact) mass is 496 g/mol. The highest BCUT2D eigenvalue weighted by Gasteiger charge is 2.13. The van der Waals surface area contributed by atoms with Crippen molar-refractivity contribution in [3.8, 4) is 12.3 Å². The smallest absolute Gasteiger partial charge is 0.280 e. The summed E-state index contributed by atoms with van der Waals surface area (Å²) in [6, 6.07) is 12.0. The Morgan fingerprint density at radius 1 is 1.31 bits per heavy atom. The Morgan fingerprint density at radius 3 is 2.69 bits per heavy atom. The molecule has 3 aromatic rings. The molecule has 2 aromatic carbocycles. The second-order valence-corrected chi connectivity index (χ2v) is 9.66. The van der Waals surface area contributed by atoms with E-state index < -0.39 is 9.84 Å².